The molecule has 0 aliphatic carbocycles. The van der Waals surface area contributed by atoms with Gasteiger partial charge in [0.15, 0.2) is 0 Å². The maximum absolute atomic E-state index is 12.4. The Morgan fingerprint density at radius 2 is 1.20 bits per heavy atom. The Labute approximate surface area is 237 Å². The highest BCUT2D eigenvalue weighted by Gasteiger charge is 2.15. The number of carbonyl (C=O) groups excluding carboxylic acids is 3. The maximum Gasteiger partial charge on any atom is 0.343 e. The number of benzene rings is 2. The van der Waals surface area contributed by atoms with Crippen molar-refractivity contribution in [3.8, 4) is 5.75 Å². The molecule has 0 unspecified atom stereocenters. The van der Waals surface area contributed by atoms with Crippen molar-refractivity contribution >= 4 is 17.9 Å². The van der Waals surface area contributed by atoms with E-state index >= 15 is 0 Å². The molecule has 2 rings (SSSR count). The third-order valence-electron chi connectivity index (χ3n) is 5.20. The summed E-state index contributed by atoms with van der Waals surface area (Å²) >= 11 is 0. The number of ether oxygens (including phenoxy) is 4. The van der Waals surface area contributed by atoms with E-state index in [0.29, 0.717) is 42.9 Å². The molecular weight excluding hydrogens is 508 g/mol. The van der Waals surface area contributed by atoms with Gasteiger partial charge in [0.2, 0.25) is 0 Å². The van der Waals surface area contributed by atoms with Gasteiger partial charge < -0.3 is 18.9 Å². The van der Waals surface area contributed by atoms with Crippen LogP contribution >= 0.6 is 0 Å². The fourth-order valence-corrected chi connectivity index (χ4v) is 3.03. The SMILES string of the molecule is C=CC(=O)OCCCCOc1ccc(C(=O)OC(=C)/C=C\C(=C)OC(=O)c2ccc(C(C)(C)C)cc2)cc1.CC. The Bertz CT molecular complexity index is 1180. The minimum atomic E-state index is -0.600. The molecule has 0 bridgehead atoms. The van der Waals surface area contributed by atoms with Gasteiger partial charge in [-0.15, -0.1) is 0 Å². The van der Waals surface area contributed by atoms with E-state index in [1.807, 2.05) is 26.0 Å². The number of esters is 3. The molecule has 0 radical (unpaired) electrons. The quantitative estimate of drug-likeness (QED) is 0.0640. The zero-order chi connectivity index (χ0) is 30.1. The van der Waals surface area contributed by atoms with E-state index in [2.05, 4.69) is 40.5 Å². The third-order valence-corrected chi connectivity index (χ3v) is 5.20. The van der Waals surface area contributed by atoms with Crippen LogP contribution in [-0.4, -0.2) is 31.1 Å². The van der Waals surface area contributed by atoms with Crippen molar-refractivity contribution in [1.82, 2.24) is 0 Å². The van der Waals surface area contributed by atoms with Gasteiger partial charge >= 0.3 is 17.9 Å². The molecule has 2 aromatic rings. The normalized spacial score (nSPS) is 10.5. The lowest BCUT2D eigenvalue weighted by Gasteiger charge is -2.18. The molecule has 0 N–H and O–H groups in total. The van der Waals surface area contributed by atoms with E-state index in [1.54, 1.807) is 36.4 Å². The zero-order valence-electron chi connectivity index (χ0n) is 24.2. The molecule has 0 saturated carbocycles. The van der Waals surface area contributed by atoms with Crippen molar-refractivity contribution in [2.45, 2.75) is 52.9 Å². The molecule has 40 heavy (non-hydrogen) atoms. The molecule has 0 heterocycles. The van der Waals surface area contributed by atoms with Crippen LogP contribution in [0.3, 0.4) is 0 Å². The van der Waals surface area contributed by atoms with E-state index in [4.69, 9.17) is 18.9 Å². The summed E-state index contributed by atoms with van der Waals surface area (Å²) in [6.07, 6.45) is 5.27. The lowest BCUT2D eigenvalue weighted by molar-refractivity contribution is -0.137. The van der Waals surface area contributed by atoms with Gasteiger partial charge in [-0.2, -0.15) is 0 Å². The lowest BCUT2D eigenvalue weighted by Crippen LogP contribution is -2.11. The molecule has 7 heteroatoms. The van der Waals surface area contributed by atoms with Crippen LogP contribution in [0.1, 0.15) is 73.7 Å². The van der Waals surface area contributed by atoms with Gasteiger partial charge in [0, 0.05) is 6.08 Å². The highest BCUT2D eigenvalue weighted by Crippen LogP contribution is 2.22. The Morgan fingerprint density at radius 1 is 0.750 bits per heavy atom. The minimum Gasteiger partial charge on any atom is -0.494 e. The number of carbonyl (C=O) groups is 3. The summed E-state index contributed by atoms with van der Waals surface area (Å²) in [5.41, 5.74) is 1.80. The van der Waals surface area contributed by atoms with Crippen LogP contribution in [0.4, 0.5) is 0 Å². The van der Waals surface area contributed by atoms with Gasteiger partial charge in [0.25, 0.3) is 0 Å². The zero-order valence-corrected chi connectivity index (χ0v) is 24.2. The van der Waals surface area contributed by atoms with Crippen LogP contribution in [-0.2, 0) is 24.4 Å². The van der Waals surface area contributed by atoms with Crippen molar-refractivity contribution in [1.29, 1.82) is 0 Å². The summed E-state index contributed by atoms with van der Waals surface area (Å²) in [5, 5.41) is 0. The maximum atomic E-state index is 12.4. The van der Waals surface area contributed by atoms with Crippen LogP contribution in [0.15, 0.2) is 98.0 Å². The van der Waals surface area contributed by atoms with Crippen molar-refractivity contribution < 1.29 is 33.3 Å². The lowest BCUT2D eigenvalue weighted by atomic mass is 9.87. The van der Waals surface area contributed by atoms with Gasteiger partial charge in [-0.05, 0) is 72.4 Å². The first-order valence-electron chi connectivity index (χ1n) is 13.1. The minimum absolute atomic E-state index is 0.0199. The van der Waals surface area contributed by atoms with Crippen molar-refractivity contribution in [3.63, 3.8) is 0 Å². The average Bonchev–Trinajstić information content (AvgIpc) is 2.94. The monoisotopic (exact) mass is 548 g/mol. The summed E-state index contributed by atoms with van der Waals surface area (Å²) < 4.78 is 21.0. The fourth-order valence-electron chi connectivity index (χ4n) is 3.03. The molecule has 0 aliphatic heterocycles. The second kappa shape index (κ2) is 17.2. The second-order valence-corrected chi connectivity index (χ2v) is 9.32. The van der Waals surface area contributed by atoms with E-state index in [1.165, 1.54) is 12.2 Å². The van der Waals surface area contributed by atoms with E-state index in [9.17, 15) is 14.4 Å². The Hall–Kier alpha value is -4.39. The summed E-state index contributed by atoms with van der Waals surface area (Å²) in [7, 11) is 0. The highest BCUT2D eigenvalue weighted by molar-refractivity contribution is 5.91. The number of hydrogen-bond donors (Lipinski definition) is 0. The van der Waals surface area contributed by atoms with Crippen LogP contribution in [0.25, 0.3) is 0 Å². The predicted octanol–water partition coefficient (Wildman–Crippen LogP) is 7.50. The van der Waals surface area contributed by atoms with Crippen LogP contribution in [0.2, 0.25) is 0 Å². The highest BCUT2D eigenvalue weighted by atomic mass is 16.5. The van der Waals surface area contributed by atoms with Crippen LogP contribution in [0, 0.1) is 0 Å². The first kappa shape index (κ1) is 33.6. The molecule has 0 spiro atoms. The second-order valence-electron chi connectivity index (χ2n) is 9.32. The van der Waals surface area contributed by atoms with E-state index in [0.717, 1.165) is 11.6 Å². The molecule has 0 amide bonds. The summed E-state index contributed by atoms with van der Waals surface area (Å²) in [5.74, 6) is -0.864. The largest absolute Gasteiger partial charge is 0.494 e. The molecule has 0 saturated heterocycles. The third kappa shape index (κ3) is 12.4. The number of hydrogen-bond acceptors (Lipinski definition) is 7. The number of allylic oxidation sites excluding steroid dienone is 2. The topological polar surface area (TPSA) is 88.1 Å². The molecular formula is C33H40O7. The molecule has 2 aromatic carbocycles. The van der Waals surface area contributed by atoms with Gasteiger partial charge in [0.1, 0.15) is 17.3 Å². The Morgan fingerprint density at radius 3 is 1.65 bits per heavy atom. The fraction of sp³-hybridized carbons (Fsp3) is 0.303. The Kier molecular flexibility index (Phi) is 14.5. The molecule has 214 valence electrons. The van der Waals surface area contributed by atoms with Crippen molar-refractivity contribution in [2.24, 2.45) is 0 Å². The summed E-state index contributed by atoms with van der Waals surface area (Å²) in [6.45, 7) is 21.7. The van der Waals surface area contributed by atoms with Crippen LogP contribution < -0.4 is 4.74 Å². The van der Waals surface area contributed by atoms with Gasteiger partial charge in [-0.25, -0.2) is 14.4 Å². The molecule has 0 atom stereocenters. The smallest absolute Gasteiger partial charge is 0.343 e. The molecule has 0 aliphatic rings. The van der Waals surface area contributed by atoms with E-state index in [-0.39, 0.29) is 16.9 Å². The first-order valence-corrected chi connectivity index (χ1v) is 13.1. The molecule has 0 aromatic heterocycles. The van der Waals surface area contributed by atoms with Gasteiger partial charge in [-0.1, -0.05) is 66.5 Å². The Balaban J connectivity index is 0.00000391. The predicted molar refractivity (Wildman–Crippen MR) is 157 cm³/mol. The molecule has 7 nitrogen and oxygen atoms in total. The van der Waals surface area contributed by atoms with Crippen molar-refractivity contribution in [3.05, 3.63) is 115 Å². The number of unbranched alkanes of at least 4 members (excludes halogenated alkanes) is 1. The average molecular weight is 549 g/mol. The summed E-state index contributed by atoms with van der Waals surface area (Å²) in [4.78, 5) is 35.7. The molecule has 0 fully saturated rings. The summed E-state index contributed by atoms with van der Waals surface area (Å²) in [6, 6.07) is 13.7. The van der Waals surface area contributed by atoms with E-state index < -0.39 is 17.9 Å². The van der Waals surface area contributed by atoms with Crippen LogP contribution in [0.5, 0.6) is 5.75 Å². The first-order chi connectivity index (χ1) is 19.0. The van der Waals surface area contributed by atoms with Gasteiger partial charge in [-0.3, -0.25) is 0 Å². The standard InChI is InChI=1S/C31H34O7.C2H6/c1-7-28(32)36-21-9-8-20-35-27-18-14-25(15-19-27)30(34)38-23(3)11-10-22(2)37-29(33)24-12-16-26(17-13-24)31(4,5)6;1-2/h7,10-19H,1-3,8-9,20-21H2,4-6H3;1-2H3/b11-10-;. The van der Waals surface area contributed by atoms with Crippen molar-refractivity contribution in [2.75, 3.05) is 13.2 Å². The number of rotatable bonds is 13. The van der Waals surface area contributed by atoms with Gasteiger partial charge in [0.05, 0.1) is 24.3 Å².